The Balaban J connectivity index is 0. The fourth-order valence-electron chi connectivity index (χ4n) is 0.750. The van der Waals surface area contributed by atoms with E-state index in [2.05, 4.69) is 0 Å². The van der Waals surface area contributed by atoms with E-state index in [4.69, 9.17) is 0 Å². The van der Waals surface area contributed by atoms with Crippen molar-refractivity contribution in [1.29, 1.82) is 0 Å². The third-order valence-corrected chi connectivity index (χ3v) is 1.97. The Morgan fingerprint density at radius 1 is 1.00 bits per heavy atom. The van der Waals surface area contributed by atoms with E-state index in [9.17, 15) is 5.11 Å². The second-order valence-electron chi connectivity index (χ2n) is 2.29. The molecule has 2 heteroatoms. The molecule has 0 aliphatic rings. The Kier molecular flexibility index (Phi) is 7.81. The molecule has 0 aromatic heterocycles. The van der Waals surface area contributed by atoms with Crippen molar-refractivity contribution in [3.05, 3.63) is 0 Å². The van der Waals surface area contributed by atoms with Crippen molar-refractivity contribution in [2.24, 2.45) is 0 Å². The molecule has 0 saturated carbocycles. The van der Waals surface area contributed by atoms with Crippen molar-refractivity contribution in [2.45, 2.75) is 45.6 Å². The minimum absolute atomic E-state index is 0. The van der Waals surface area contributed by atoms with Crippen LogP contribution in [0, 0.1) is 0 Å². The van der Waals surface area contributed by atoms with Crippen LogP contribution in [0.25, 0.3) is 0 Å². The largest absolute Gasteiger partial charge is 0.390 e. The van der Waals surface area contributed by atoms with Gasteiger partial charge in [0.25, 0.3) is 0 Å². The normalized spacial score (nSPS) is 10.7. The molecule has 0 unspecified atom stereocenters. The standard InChI is InChI=1S/C7H16O.Zr/c1-4-7(8,5-2)6-3;/h8H,4-6H2,1-3H3;. The van der Waals surface area contributed by atoms with Crippen LogP contribution in [-0.2, 0) is 26.2 Å². The quantitative estimate of drug-likeness (QED) is 0.750. The van der Waals surface area contributed by atoms with E-state index in [0.29, 0.717) is 0 Å². The van der Waals surface area contributed by atoms with Crippen LogP contribution in [0.1, 0.15) is 40.0 Å². The van der Waals surface area contributed by atoms with E-state index in [-0.39, 0.29) is 31.8 Å². The zero-order valence-electron chi connectivity index (χ0n) is 6.57. The molecular weight excluding hydrogens is 191 g/mol. The second-order valence-corrected chi connectivity index (χ2v) is 2.29. The molecule has 0 atom stereocenters. The molecule has 0 radical (unpaired) electrons. The molecular formula is C7H16OZr. The summed E-state index contributed by atoms with van der Waals surface area (Å²) < 4.78 is 0. The molecule has 0 rings (SSSR count). The maximum atomic E-state index is 9.44. The van der Waals surface area contributed by atoms with Crippen molar-refractivity contribution < 1.29 is 31.3 Å². The predicted molar refractivity (Wildman–Crippen MR) is 35.8 cm³/mol. The molecule has 0 aliphatic carbocycles. The first-order valence-electron chi connectivity index (χ1n) is 3.41. The van der Waals surface area contributed by atoms with Crippen LogP contribution in [0.15, 0.2) is 0 Å². The summed E-state index contributed by atoms with van der Waals surface area (Å²) in [6, 6.07) is 0. The molecule has 0 heterocycles. The van der Waals surface area contributed by atoms with Crippen molar-refractivity contribution in [2.75, 3.05) is 0 Å². The van der Waals surface area contributed by atoms with Crippen molar-refractivity contribution >= 4 is 0 Å². The summed E-state index contributed by atoms with van der Waals surface area (Å²) >= 11 is 0. The first-order valence-corrected chi connectivity index (χ1v) is 3.41. The van der Waals surface area contributed by atoms with Crippen molar-refractivity contribution in [3.8, 4) is 0 Å². The maximum Gasteiger partial charge on any atom is 0.0640 e. The van der Waals surface area contributed by atoms with Gasteiger partial charge in [-0.3, -0.25) is 0 Å². The van der Waals surface area contributed by atoms with E-state index in [0.717, 1.165) is 19.3 Å². The zero-order valence-corrected chi connectivity index (χ0v) is 9.03. The van der Waals surface area contributed by atoms with Crippen LogP contribution in [0.5, 0.6) is 0 Å². The van der Waals surface area contributed by atoms with Gasteiger partial charge in [0.05, 0.1) is 5.60 Å². The Bertz CT molecular complexity index is 51.7. The van der Waals surface area contributed by atoms with Gasteiger partial charge in [0.1, 0.15) is 0 Å². The molecule has 0 aromatic rings. The topological polar surface area (TPSA) is 20.2 Å². The van der Waals surface area contributed by atoms with Gasteiger partial charge in [-0.05, 0) is 19.3 Å². The molecule has 0 saturated heterocycles. The molecule has 0 aromatic carbocycles. The van der Waals surface area contributed by atoms with Crippen molar-refractivity contribution in [1.82, 2.24) is 0 Å². The van der Waals surface area contributed by atoms with Crippen LogP contribution in [0.3, 0.4) is 0 Å². The first-order chi connectivity index (χ1) is 3.68. The van der Waals surface area contributed by atoms with Crippen LogP contribution in [0.4, 0.5) is 0 Å². The summed E-state index contributed by atoms with van der Waals surface area (Å²) in [6.07, 6.45) is 2.62. The fourth-order valence-corrected chi connectivity index (χ4v) is 0.750. The summed E-state index contributed by atoms with van der Waals surface area (Å²) in [5.74, 6) is 0. The van der Waals surface area contributed by atoms with Gasteiger partial charge in [0.15, 0.2) is 0 Å². The van der Waals surface area contributed by atoms with E-state index in [1.807, 2.05) is 20.8 Å². The number of rotatable bonds is 3. The predicted octanol–water partition coefficient (Wildman–Crippen LogP) is 1.95. The SMILES string of the molecule is CCC(O)(CC)CC.[Zr]. The monoisotopic (exact) mass is 206 g/mol. The van der Waals surface area contributed by atoms with Gasteiger partial charge in [-0.2, -0.15) is 0 Å². The van der Waals surface area contributed by atoms with Gasteiger partial charge in [0, 0.05) is 26.2 Å². The summed E-state index contributed by atoms with van der Waals surface area (Å²) in [5.41, 5.74) is -0.375. The van der Waals surface area contributed by atoms with Gasteiger partial charge in [-0.15, -0.1) is 0 Å². The fraction of sp³-hybridized carbons (Fsp3) is 1.00. The van der Waals surface area contributed by atoms with E-state index in [1.165, 1.54) is 0 Å². The molecule has 9 heavy (non-hydrogen) atoms. The van der Waals surface area contributed by atoms with Gasteiger partial charge in [-0.1, -0.05) is 20.8 Å². The minimum Gasteiger partial charge on any atom is -0.390 e. The number of aliphatic hydroxyl groups is 1. The smallest absolute Gasteiger partial charge is 0.0640 e. The third-order valence-electron chi connectivity index (χ3n) is 1.97. The molecule has 54 valence electrons. The maximum absolute atomic E-state index is 9.44. The Morgan fingerprint density at radius 3 is 1.22 bits per heavy atom. The summed E-state index contributed by atoms with van der Waals surface area (Å²) in [7, 11) is 0. The molecule has 0 spiro atoms. The minimum atomic E-state index is -0.375. The number of hydrogen-bond donors (Lipinski definition) is 1. The van der Waals surface area contributed by atoms with Crippen LogP contribution in [-0.4, -0.2) is 10.7 Å². The van der Waals surface area contributed by atoms with Crippen LogP contribution >= 0.6 is 0 Å². The Labute approximate surface area is 77.0 Å². The summed E-state index contributed by atoms with van der Waals surface area (Å²) in [5, 5.41) is 9.44. The molecule has 0 amide bonds. The zero-order chi connectivity index (χ0) is 6.62. The van der Waals surface area contributed by atoms with E-state index >= 15 is 0 Å². The van der Waals surface area contributed by atoms with E-state index in [1.54, 1.807) is 0 Å². The Morgan fingerprint density at radius 2 is 1.22 bits per heavy atom. The van der Waals surface area contributed by atoms with Crippen molar-refractivity contribution in [3.63, 3.8) is 0 Å². The average Bonchev–Trinajstić information content (AvgIpc) is 1.87. The summed E-state index contributed by atoms with van der Waals surface area (Å²) in [6.45, 7) is 6.06. The summed E-state index contributed by atoms with van der Waals surface area (Å²) in [4.78, 5) is 0. The molecule has 1 nitrogen and oxygen atoms in total. The van der Waals surface area contributed by atoms with E-state index < -0.39 is 0 Å². The van der Waals surface area contributed by atoms with Gasteiger partial charge in [-0.25, -0.2) is 0 Å². The molecule has 0 fully saturated rings. The third kappa shape index (κ3) is 4.27. The molecule has 0 aliphatic heterocycles. The van der Waals surface area contributed by atoms with Crippen LogP contribution in [0.2, 0.25) is 0 Å². The average molecular weight is 207 g/mol. The molecule has 1 N–H and O–H groups in total. The second kappa shape index (κ2) is 5.61. The first kappa shape index (κ1) is 12.5. The molecule has 0 bridgehead atoms. The number of hydrogen-bond acceptors (Lipinski definition) is 1. The van der Waals surface area contributed by atoms with Gasteiger partial charge in [0.2, 0.25) is 0 Å². The van der Waals surface area contributed by atoms with Gasteiger partial charge >= 0.3 is 0 Å². The van der Waals surface area contributed by atoms with Crippen LogP contribution < -0.4 is 0 Å². The van der Waals surface area contributed by atoms with Gasteiger partial charge < -0.3 is 5.11 Å². The Hall–Kier alpha value is 0.843.